The lowest BCUT2D eigenvalue weighted by Gasteiger charge is -2.16. The Morgan fingerprint density at radius 3 is 2.77 bits per heavy atom. The molecule has 1 aromatic rings. The predicted octanol–water partition coefficient (Wildman–Crippen LogP) is 2.58. The molecule has 0 fully saturated rings. The standard InChI is InChI=1S/C9H16N2S2/c1-3-11(4-2)6-8-13-9-10-5-7-12-9/h5,7H,3-4,6,8H2,1-2H3. The Morgan fingerprint density at radius 1 is 1.46 bits per heavy atom. The highest BCUT2D eigenvalue weighted by atomic mass is 32.2. The second kappa shape index (κ2) is 6.40. The average molecular weight is 216 g/mol. The molecule has 74 valence electrons. The Bertz CT molecular complexity index is 207. The van der Waals surface area contributed by atoms with Crippen LogP contribution in [0.1, 0.15) is 13.8 Å². The van der Waals surface area contributed by atoms with Gasteiger partial charge in [-0.25, -0.2) is 4.98 Å². The van der Waals surface area contributed by atoms with Gasteiger partial charge in [0.25, 0.3) is 0 Å². The highest BCUT2D eigenvalue weighted by Crippen LogP contribution is 2.19. The van der Waals surface area contributed by atoms with Crippen molar-refractivity contribution in [2.45, 2.75) is 18.2 Å². The molecule has 0 aromatic carbocycles. The Hall–Kier alpha value is -0.0600. The van der Waals surface area contributed by atoms with Crippen LogP contribution in [0, 0.1) is 0 Å². The Balaban J connectivity index is 2.13. The lowest BCUT2D eigenvalue weighted by Crippen LogP contribution is -2.25. The largest absolute Gasteiger partial charge is 0.303 e. The number of aromatic nitrogens is 1. The summed E-state index contributed by atoms with van der Waals surface area (Å²) in [6.07, 6.45) is 1.87. The van der Waals surface area contributed by atoms with Gasteiger partial charge in [-0.3, -0.25) is 0 Å². The maximum atomic E-state index is 4.23. The minimum atomic E-state index is 1.15. The van der Waals surface area contributed by atoms with Gasteiger partial charge in [0.05, 0.1) is 0 Å². The molecular weight excluding hydrogens is 200 g/mol. The second-order valence-electron chi connectivity index (χ2n) is 2.67. The summed E-state index contributed by atoms with van der Waals surface area (Å²) in [5.74, 6) is 1.15. The Kier molecular flexibility index (Phi) is 5.43. The topological polar surface area (TPSA) is 16.1 Å². The quantitative estimate of drug-likeness (QED) is 0.680. The molecule has 0 bridgehead atoms. The smallest absolute Gasteiger partial charge is 0.149 e. The molecule has 1 heterocycles. The van der Waals surface area contributed by atoms with E-state index in [1.165, 1.54) is 4.34 Å². The van der Waals surface area contributed by atoms with E-state index in [0.29, 0.717) is 0 Å². The first kappa shape index (κ1) is 11.0. The van der Waals surface area contributed by atoms with Gasteiger partial charge >= 0.3 is 0 Å². The van der Waals surface area contributed by atoms with Crippen molar-refractivity contribution in [1.82, 2.24) is 9.88 Å². The van der Waals surface area contributed by atoms with E-state index in [4.69, 9.17) is 0 Å². The Morgan fingerprint density at radius 2 is 2.23 bits per heavy atom. The minimum absolute atomic E-state index is 1.15. The molecule has 0 aliphatic heterocycles. The van der Waals surface area contributed by atoms with Crippen LogP contribution >= 0.6 is 23.1 Å². The lowest BCUT2D eigenvalue weighted by molar-refractivity contribution is 0.324. The highest BCUT2D eigenvalue weighted by molar-refractivity contribution is 8.01. The van der Waals surface area contributed by atoms with Crippen LogP contribution in [0.5, 0.6) is 0 Å². The Labute approximate surface area is 88.4 Å². The van der Waals surface area contributed by atoms with E-state index in [2.05, 4.69) is 23.7 Å². The summed E-state index contributed by atoms with van der Waals surface area (Å²) in [4.78, 5) is 6.66. The van der Waals surface area contributed by atoms with Crippen LogP contribution in [0.4, 0.5) is 0 Å². The fourth-order valence-corrected chi connectivity index (χ4v) is 2.79. The zero-order valence-electron chi connectivity index (χ0n) is 8.19. The van der Waals surface area contributed by atoms with Gasteiger partial charge in [0.2, 0.25) is 0 Å². The molecule has 0 saturated carbocycles. The van der Waals surface area contributed by atoms with Crippen molar-refractivity contribution in [3.63, 3.8) is 0 Å². The average Bonchev–Trinajstić information content (AvgIpc) is 2.65. The zero-order valence-corrected chi connectivity index (χ0v) is 9.83. The van der Waals surface area contributed by atoms with E-state index in [9.17, 15) is 0 Å². The molecule has 0 atom stereocenters. The van der Waals surface area contributed by atoms with Crippen LogP contribution in [0.25, 0.3) is 0 Å². The first-order valence-corrected chi connectivity index (χ1v) is 6.48. The van der Waals surface area contributed by atoms with Gasteiger partial charge in [0, 0.05) is 23.9 Å². The normalized spacial score (nSPS) is 11.0. The van der Waals surface area contributed by atoms with Gasteiger partial charge in [0.15, 0.2) is 0 Å². The van der Waals surface area contributed by atoms with Crippen molar-refractivity contribution in [1.29, 1.82) is 0 Å². The summed E-state index contributed by atoms with van der Waals surface area (Å²) in [5.41, 5.74) is 0. The van der Waals surface area contributed by atoms with E-state index in [0.717, 1.165) is 25.4 Å². The van der Waals surface area contributed by atoms with Crippen LogP contribution in [-0.4, -0.2) is 35.3 Å². The van der Waals surface area contributed by atoms with Crippen LogP contribution in [0.15, 0.2) is 15.9 Å². The molecule has 0 unspecified atom stereocenters. The molecule has 1 aromatic heterocycles. The molecule has 0 radical (unpaired) electrons. The summed E-state index contributed by atoms with van der Waals surface area (Å²) in [6, 6.07) is 0. The monoisotopic (exact) mass is 216 g/mol. The fraction of sp³-hybridized carbons (Fsp3) is 0.667. The highest BCUT2D eigenvalue weighted by Gasteiger charge is 2.00. The summed E-state index contributed by atoms with van der Waals surface area (Å²) >= 11 is 3.58. The van der Waals surface area contributed by atoms with Crippen molar-refractivity contribution < 1.29 is 0 Å². The number of thioether (sulfide) groups is 1. The van der Waals surface area contributed by atoms with Crippen LogP contribution in [0.2, 0.25) is 0 Å². The van der Waals surface area contributed by atoms with Crippen molar-refractivity contribution >= 4 is 23.1 Å². The molecule has 0 aliphatic carbocycles. The van der Waals surface area contributed by atoms with Gasteiger partial charge in [-0.2, -0.15) is 0 Å². The van der Waals surface area contributed by atoms with E-state index in [-0.39, 0.29) is 0 Å². The first-order chi connectivity index (χ1) is 6.36. The molecule has 2 nitrogen and oxygen atoms in total. The van der Waals surface area contributed by atoms with E-state index in [1.807, 2.05) is 23.3 Å². The molecule has 13 heavy (non-hydrogen) atoms. The van der Waals surface area contributed by atoms with E-state index >= 15 is 0 Å². The van der Waals surface area contributed by atoms with Gasteiger partial charge in [-0.1, -0.05) is 25.6 Å². The molecule has 0 aliphatic rings. The van der Waals surface area contributed by atoms with Crippen LogP contribution < -0.4 is 0 Å². The zero-order chi connectivity index (χ0) is 9.52. The number of nitrogens with zero attached hydrogens (tertiary/aromatic N) is 2. The van der Waals surface area contributed by atoms with Crippen molar-refractivity contribution in [2.24, 2.45) is 0 Å². The maximum Gasteiger partial charge on any atom is 0.149 e. The molecule has 0 N–H and O–H groups in total. The molecular formula is C9H16N2S2. The third-order valence-corrected chi connectivity index (χ3v) is 3.88. The molecule has 0 amide bonds. The third-order valence-electron chi connectivity index (χ3n) is 1.94. The van der Waals surface area contributed by atoms with Crippen molar-refractivity contribution in [3.05, 3.63) is 11.6 Å². The SMILES string of the molecule is CCN(CC)CCSc1nccs1. The molecule has 4 heteroatoms. The second-order valence-corrected chi connectivity index (χ2v) is 4.91. The predicted molar refractivity (Wildman–Crippen MR) is 60.6 cm³/mol. The van der Waals surface area contributed by atoms with Crippen molar-refractivity contribution in [2.75, 3.05) is 25.4 Å². The number of hydrogen-bond donors (Lipinski definition) is 0. The third kappa shape index (κ3) is 4.11. The molecule has 0 saturated heterocycles. The van der Waals surface area contributed by atoms with E-state index in [1.54, 1.807) is 11.3 Å². The van der Waals surface area contributed by atoms with E-state index < -0.39 is 0 Å². The number of thiazole rings is 1. The van der Waals surface area contributed by atoms with Crippen LogP contribution in [-0.2, 0) is 0 Å². The van der Waals surface area contributed by atoms with Gasteiger partial charge < -0.3 is 4.90 Å². The summed E-state index contributed by atoms with van der Waals surface area (Å²) in [5, 5.41) is 2.03. The van der Waals surface area contributed by atoms with Gasteiger partial charge in [-0.05, 0) is 13.1 Å². The number of rotatable bonds is 6. The van der Waals surface area contributed by atoms with Crippen LogP contribution in [0.3, 0.4) is 0 Å². The maximum absolute atomic E-state index is 4.23. The lowest BCUT2D eigenvalue weighted by atomic mass is 10.5. The number of hydrogen-bond acceptors (Lipinski definition) is 4. The van der Waals surface area contributed by atoms with Crippen molar-refractivity contribution in [3.8, 4) is 0 Å². The summed E-state index contributed by atoms with van der Waals surface area (Å²) in [7, 11) is 0. The van der Waals surface area contributed by atoms with Gasteiger partial charge in [0.1, 0.15) is 4.34 Å². The molecule has 1 rings (SSSR count). The minimum Gasteiger partial charge on any atom is -0.303 e. The fourth-order valence-electron chi connectivity index (χ4n) is 1.08. The summed E-state index contributed by atoms with van der Waals surface area (Å²) < 4.78 is 1.19. The molecule has 0 spiro atoms. The first-order valence-electron chi connectivity index (χ1n) is 4.61. The van der Waals surface area contributed by atoms with Gasteiger partial charge in [-0.15, -0.1) is 11.3 Å². The summed E-state index contributed by atoms with van der Waals surface area (Å²) in [6.45, 7) is 7.87.